The van der Waals surface area contributed by atoms with E-state index in [-0.39, 0.29) is 12.6 Å². The summed E-state index contributed by atoms with van der Waals surface area (Å²) in [5, 5.41) is 12.1. The summed E-state index contributed by atoms with van der Waals surface area (Å²) in [6.45, 7) is 6.14. The van der Waals surface area contributed by atoms with Crippen molar-refractivity contribution in [1.29, 1.82) is 0 Å². The van der Waals surface area contributed by atoms with Gasteiger partial charge in [-0.05, 0) is 19.9 Å². The highest BCUT2D eigenvalue weighted by Crippen LogP contribution is 2.24. The van der Waals surface area contributed by atoms with E-state index in [4.69, 9.17) is 16.7 Å². The monoisotopic (exact) mass is 262 g/mol. The van der Waals surface area contributed by atoms with Crippen molar-refractivity contribution in [2.45, 2.75) is 32.2 Å². The number of hydrogen-bond acceptors (Lipinski definition) is 4. The van der Waals surface area contributed by atoms with Gasteiger partial charge < -0.3 is 5.11 Å². The lowest BCUT2D eigenvalue weighted by atomic mass is 10.2. The number of aromatic nitrogens is 1. The zero-order valence-electron chi connectivity index (χ0n) is 9.82. The van der Waals surface area contributed by atoms with Gasteiger partial charge in [-0.25, -0.2) is 4.98 Å². The maximum absolute atomic E-state index is 9.03. The summed E-state index contributed by atoms with van der Waals surface area (Å²) in [6, 6.07) is 0.258. The molecule has 0 saturated heterocycles. The summed E-state index contributed by atoms with van der Waals surface area (Å²) in [6.07, 6.45) is 1.08. The third-order valence-corrected chi connectivity index (χ3v) is 3.85. The Kier molecular flexibility index (Phi) is 6.28. The fraction of sp³-hybridized carbons (Fsp3) is 0.727. The van der Waals surface area contributed by atoms with Gasteiger partial charge >= 0.3 is 0 Å². The van der Waals surface area contributed by atoms with Crippen LogP contribution in [0.3, 0.4) is 0 Å². The Morgan fingerprint density at radius 1 is 1.56 bits per heavy atom. The zero-order valence-corrected chi connectivity index (χ0v) is 11.4. The van der Waals surface area contributed by atoms with E-state index in [9.17, 15) is 0 Å². The Balaban J connectivity index is 2.68. The zero-order chi connectivity index (χ0) is 12.0. The van der Waals surface area contributed by atoms with E-state index < -0.39 is 0 Å². The molecule has 16 heavy (non-hydrogen) atoms. The molecule has 3 nitrogen and oxygen atoms in total. The molecule has 92 valence electrons. The smallest absolute Gasteiger partial charge is 0.110 e. The van der Waals surface area contributed by atoms with Gasteiger partial charge in [-0.15, -0.1) is 22.9 Å². The molecule has 0 saturated carbocycles. The normalized spacial score (nSPS) is 13.3. The van der Waals surface area contributed by atoms with Gasteiger partial charge in [0.15, 0.2) is 0 Å². The molecule has 1 unspecified atom stereocenters. The van der Waals surface area contributed by atoms with Crippen LogP contribution in [-0.4, -0.2) is 34.7 Å². The third-order valence-electron chi connectivity index (χ3n) is 2.51. The Morgan fingerprint density at radius 2 is 2.31 bits per heavy atom. The molecule has 1 rings (SSSR count). The maximum atomic E-state index is 9.03. The second kappa shape index (κ2) is 7.22. The quantitative estimate of drug-likeness (QED) is 0.768. The van der Waals surface area contributed by atoms with Crippen LogP contribution in [0.25, 0.3) is 0 Å². The first kappa shape index (κ1) is 13.9. The number of halogens is 1. The van der Waals surface area contributed by atoms with Crippen LogP contribution in [0.1, 0.15) is 37.0 Å². The molecule has 5 heteroatoms. The van der Waals surface area contributed by atoms with Crippen LogP contribution in [0.2, 0.25) is 0 Å². The Labute approximate surface area is 106 Å². The highest BCUT2D eigenvalue weighted by molar-refractivity contribution is 7.09. The van der Waals surface area contributed by atoms with Gasteiger partial charge in [-0.2, -0.15) is 0 Å². The van der Waals surface area contributed by atoms with Gasteiger partial charge in [-0.3, -0.25) is 4.90 Å². The van der Waals surface area contributed by atoms with E-state index in [2.05, 4.69) is 23.7 Å². The van der Waals surface area contributed by atoms with Crippen molar-refractivity contribution in [2.75, 3.05) is 19.7 Å². The van der Waals surface area contributed by atoms with Crippen LogP contribution in [0.4, 0.5) is 0 Å². The standard InChI is InChI=1S/C11H19ClN2OS/c1-3-4-14(5-6-15)9(2)11-13-10(7-12)8-16-11/h8-9,15H,3-7H2,1-2H3. The third kappa shape index (κ3) is 3.70. The van der Waals surface area contributed by atoms with Crippen molar-refractivity contribution >= 4 is 22.9 Å². The number of rotatable bonds is 7. The van der Waals surface area contributed by atoms with Crippen LogP contribution >= 0.6 is 22.9 Å². The van der Waals surface area contributed by atoms with Crippen LogP contribution in [-0.2, 0) is 5.88 Å². The molecule has 1 heterocycles. The summed E-state index contributed by atoms with van der Waals surface area (Å²) in [5.41, 5.74) is 0.939. The Hall–Kier alpha value is -0.160. The van der Waals surface area contributed by atoms with Gasteiger partial charge in [0.1, 0.15) is 5.01 Å². The van der Waals surface area contributed by atoms with Gasteiger partial charge in [0.25, 0.3) is 0 Å². The molecular formula is C11H19ClN2OS. The van der Waals surface area contributed by atoms with Gasteiger partial charge in [-0.1, -0.05) is 6.92 Å². The molecule has 0 aromatic carbocycles. The number of aliphatic hydroxyl groups is 1. The number of aliphatic hydroxyl groups excluding tert-OH is 1. The first-order valence-electron chi connectivity index (χ1n) is 5.58. The number of alkyl halides is 1. The van der Waals surface area contributed by atoms with Crippen molar-refractivity contribution in [1.82, 2.24) is 9.88 Å². The minimum atomic E-state index is 0.193. The molecule has 0 aliphatic carbocycles. The molecule has 0 amide bonds. The van der Waals surface area contributed by atoms with Crippen molar-refractivity contribution in [2.24, 2.45) is 0 Å². The summed E-state index contributed by atoms with van der Waals surface area (Å²) in [4.78, 5) is 6.72. The van der Waals surface area contributed by atoms with Crippen molar-refractivity contribution < 1.29 is 5.11 Å². The molecule has 0 fully saturated rings. The molecule has 0 spiro atoms. The van der Waals surface area contributed by atoms with Crippen molar-refractivity contribution in [3.63, 3.8) is 0 Å². The molecule has 0 radical (unpaired) electrons. The van der Waals surface area contributed by atoms with Gasteiger partial charge in [0.05, 0.1) is 24.2 Å². The van der Waals surface area contributed by atoms with Gasteiger partial charge in [0.2, 0.25) is 0 Å². The molecule has 1 N–H and O–H groups in total. The maximum Gasteiger partial charge on any atom is 0.110 e. The highest BCUT2D eigenvalue weighted by Gasteiger charge is 2.17. The number of nitrogens with zero attached hydrogens (tertiary/aromatic N) is 2. The first-order chi connectivity index (χ1) is 7.72. The lowest BCUT2D eigenvalue weighted by Gasteiger charge is -2.26. The van der Waals surface area contributed by atoms with E-state index in [1.165, 1.54) is 0 Å². The summed E-state index contributed by atoms with van der Waals surface area (Å²) < 4.78 is 0. The van der Waals surface area contributed by atoms with E-state index in [0.29, 0.717) is 12.4 Å². The Morgan fingerprint density at radius 3 is 2.81 bits per heavy atom. The molecule has 0 aliphatic heterocycles. The summed E-state index contributed by atoms with van der Waals surface area (Å²) in [5.74, 6) is 0.469. The van der Waals surface area contributed by atoms with E-state index in [1.54, 1.807) is 11.3 Å². The lowest BCUT2D eigenvalue weighted by molar-refractivity contribution is 0.158. The predicted molar refractivity (Wildman–Crippen MR) is 69.0 cm³/mol. The van der Waals surface area contributed by atoms with Crippen molar-refractivity contribution in [3.8, 4) is 0 Å². The average Bonchev–Trinajstić information content (AvgIpc) is 2.76. The first-order valence-corrected chi connectivity index (χ1v) is 6.99. The molecule has 0 aliphatic rings. The minimum Gasteiger partial charge on any atom is -0.395 e. The molecule has 1 aromatic rings. The predicted octanol–water partition coefficient (Wildman–Crippen LogP) is 2.65. The highest BCUT2D eigenvalue weighted by atomic mass is 35.5. The lowest BCUT2D eigenvalue weighted by Crippen LogP contribution is -2.30. The average molecular weight is 263 g/mol. The number of hydrogen-bond donors (Lipinski definition) is 1. The fourth-order valence-corrected chi connectivity index (χ4v) is 2.78. The molecule has 0 bridgehead atoms. The second-order valence-corrected chi connectivity index (χ2v) is 4.90. The largest absolute Gasteiger partial charge is 0.395 e. The number of thiazole rings is 1. The molecular weight excluding hydrogens is 244 g/mol. The van der Waals surface area contributed by atoms with Crippen molar-refractivity contribution in [3.05, 3.63) is 16.1 Å². The van der Waals surface area contributed by atoms with Crippen LogP contribution in [0.15, 0.2) is 5.38 Å². The van der Waals surface area contributed by atoms with Crippen LogP contribution in [0.5, 0.6) is 0 Å². The van der Waals surface area contributed by atoms with E-state index in [1.807, 2.05) is 5.38 Å². The molecule has 1 aromatic heterocycles. The fourth-order valence-electron chi connectivity index (χ4n) is 1.65. The van der Waals surface area contributed by atoms with Gasteiger partial charge in [0, 0.05) is 11.9 Å². The SMILES string of the molecule is CCCN(CCO)C(C)c1nc(CCl)cs1. The second-order valence-electron chi connectivity index (χ2n) is 3.75. The van der Waals surface area contributed by atoms with E-state index >= 15 is 0 Å². The minimum absolute atomic E-state index is 0.193. The summed E-state index contributed by atoms with van der Waals surface area (Å²) >= 11 is 7.38. The topological polar surface area (TPSA) is 36.4 Å². The summed E-state index contributed by atoms with van der Waals surface area (Å²) in [7, 11) is 0. The molecule has 1 atom stereocenters. The van der Waals surface area contributed by atoms with Crippen LogP contribution < -0.4 is 0 Å². The van der Waals surface area contributed by atoms with Crippen LogP contribution in [0, 0.1) is 0 Å². The Bertz CT molecular complexity index is 300. The van der Waals surface area contributed by atoms with E-state index in [0.717, 1.165) is 23.7 Å².